The molecule has 30 heavy (non-hydrogen) atoms. The summed E-state index contributed by atoms with van der Waals surface area (Å²) in [7, 11) is -2.34. The third-order valence-electron chi connectivity index (χ3n) is 5.25. The van der Waals surface area contributed by atoms with Crippen molar-refractivity contribution in [2.75, 3.05) is 7.11 Å². The Morgan fingerprint density at radius 2 is 1.63 bits per heavy atom. The number of benzene rings is 3. The van der Waals surface area contributed by atoms with Crippen LogP contribution in [0.3, 0.4) is 0 Å². The molecule has 0 bridgehead atoms. The van der Waals surface area contributed by atoms with Crippen LogP contribution in [-0.4, -0.2) is 20.5 Å². The maximum absolute atomic E-state index is 14.1. The lowest BCUT2D eigenvalue weighted by atomic mass is 10.0. The van der Waals surface area contributed by atoms with Crippen LogP contribution in [0.15, 0.2) is 76.7 Å². The molecular formula is C24H20FNO3S. The van der Waals surface area contributed by atoms with Gasteiger partial charge in [0.05, 0.1) is 22.4 Å². The van der Waals surface area contributed by atoms with Gasteiger partial charge in [-0.2, -0.15) is 0 Å². The lowest BCUT2D eigenvalue weighted by Crippen LogP contribution is -2.06. The molecular weight excluding hydrogens is 401 g/mol. The second-order valence-electron chi connectivity index (χ2n) is 7.14. The summed E-state index contributed by atoms with van der Waals surface area (Å²) in [6, 6.07) is 16.2. The SMILES string of the molecule is COc1ccc(-c2c(S(=O)(=O)c3ccc(C)c(C)c3)cnc3ccc(F)cc23)cc1. The van der Waals surface area contributed by atoms with Gasteiger partial charge in [0, 0.05) is 17.1 Å². The molecule has 0 radical (unpaired) electrons. The topological polar surface area (TPSA) is 56.3 Å². The number of hydrogen-bond donors (Lipinski definition) is 0. The van der Waals surface area contributed by atoms with Crippen molar-refractivity contribution in [3.63, 3.8) is 0 Å². The van der Waals surface area contributed by atoms with E-state index in [0.717, 1.165) is 11.1 Å². The summed E-state index contributed by atoms with van der Waals surface area (Å²) in [6.45, 7) is 3.79. The van der Waals surface area contributed by atoms with E-state index < -0.39 is 15.7 Å². The van der Waals surface area contributed by atoms with Crippen LogP contribution in [0.1, 0.15) is 11.1 Å². The summed E-state index contributed by atoms with van der Waals surface area (Å²) in [6.07, 6.45) is 1.35. The number of methoxy groups -OCH3 is 1. The van der Waals surface area contributed by atoms with Gasteiger partial charge in [0.1, 0.15) is 11.6 Å². The lowest BCUT2D eigenvalue weighted by molar-refractivity contribution is 0.415. The number of nitrogens with zero attached hydrogens (tertiary/aromatic N) is 1. The Hall–Kier alpha value is -3.25. The van der Waals surface area contributed by atoms with E-state index in [2.05, 4.69) is 4.98 Å². The summed E-state index contributed by atoms with van der Waals surface area (Å²) >= 11 is 0. The lowest BCUT2D eigenvalue weighted by Gasteiger charge is -2.15. The highest BCUT2D eigenvalue weighted by Crippen LogP contribution is 2.37. The molecule has 3 aromatic carbocycles. The molecule has 0 amide bonds. The van der Waals surface area contributed by atoms with E-state index in [-0.39, 0.29) is 9.79 Å². The van der Waals surface area contributed by atoms with Crippen LogP contribution < -0.4 is 4.74 Å². The summed E-state index contributed by atoms with van der Waals surface area (Å²) in [5.74, 6) is 0.182. The summed E-state index contributed by atoms with van der Waals surface area (Å²) in [5, 5.41) is 0.435. The average Bonchev–Trinajstić information content (AvgIpc) is 2.74. The molecule has 0 saturated carbocycles. The molecule has 0 aliphatic carbocycles. The Morgan fingerprint density at radius 3 is 2.30 bits per heavy atom. The van der Waals surface area contributed by atoms with Crippen LogP contribution >= 0.6 is 0 Å². The molecule has 0 saturated heterocycles. The van der Waals surface area contributed by atoms with Gasteiger partial charge in [0.15, 0.2) is 0 Å². The number of halogens is 1. The number of ether oxygens (including phenoxy) is 1. The third-order valence-corrected chi connectivity index (χ3v) is 7.02. The van der Waals surface area contributed by atoms with E-state index in [1.165, 1.54) is 18.3 Å². The van der Waals surface area contributed by atoms with E-state index >= 15 is 0 Å². The molecule has 0 unspecified atom stereocenters. The van der Waals surface area contributed by atoms with Crippen LogP contribution in [-0.2, 0) is 9.84 Å². The molecule has 1 aromatic heterocycles. The number of aromatic nitrogens is 1. The quantitative estimate of drug-likeness (QED) is 0.437. The Kier molecular flexibility index (Phi) is 5.03. The molecule has 4 rings (SSSR count). The van der Waals surface area contributed by atoms with E-state index in [9.17, 15) is 12.8 Å². The first kappa shape index (κ1) is 20.0. The summed E-state index contributed by atoms with van der Waals surface area (Å²) in [4.78, 5) is 4.52. The van der Waals surface area contributed by atoms with Crippen LogP contribution in [0.2, 0.25) is 0 Å². The molecule has 152 valence electrons. The van der Waals surface area contributed by atoms with Gasteiger partial charge >= 0.3 is 0 Å². The number of fused-ring (bicyclic) bond motifs is 1. The number of aryl methyl sites for hydroxylation is 2. The van der Waals surface area contributed by atoms with Gasteiger partial charge in [-0.1, -0.05) is 18.2 Å². The van der Waals surface area contributed by atoms with E-state index in [1.807, 2.05) is 13.8 Å². The number of sulfone groups is 1. The Balaban J connectivity index is 2.05. The summed E-state index contributed by atoms with van der Waals surface area (Å²) in [5.41, 5.74) is 3.45. The van der Waals surface area contributed by atoms with Crippen molar-refractivity contribution in [3.8, 4) is 16.9 Å². The molecule has 0 aliphatic heterocycles. The highest BCUT2D eigenvalue weighted by molar-refractivity contribution is 7.91. The van der Waals surface area contributed by atoms with E-state index in [4.69, 9.17) is 4.74 Å². The standard InChI is InChI=1S/C24H20FNO3S/c1-15-4-10-20(12-16(15)2)30(27,28)23-14-26-22-11-7-18(25)13-21(22)24(23)17-5-8-19(29-3)9-6-17/h4-14H,1-3H3. The molecule has 0 aliphatic rings. The molecule has 0 spiro atoms. The second kappa shape index (κ2) is 7.54. The highest BCUT2D eigenvalue weighted by atomic mass is 32.2. The van der Waals surface area contributed by atoms with Gasteiger partial charge in [-0.3, -0.25) is 4.98 Å². The molecule has 0 N–H and O–H groups in total. The van der Waals surface area contributed by atoms with Gasteiger partial charge in [-0.05, 0) is 73.0 Å². The minimum atomic E-state index is -3.89. The zero-order chi connectivity index (χ0) is 21.5. The maximum atomic E-state index is 14.1. The monoisotopic (exact) mass is 421 g/mol. The number of pyridine rings is 1. The van der Waals surface area contributed by atoms with Gasteiger partial charge in [-0.25, -0.2) is 12.8 Å². The predicted octanol–water partition coefficient (Wildman–Crippen LogP) is 5.50. The molecule has 4 aromatic rings. The van der Waals surface area contributed by atoms with Crippen molar-refractivity contribution < 1.29 is 17.5 Å². The van der Waals surface area contributed by atoms with E-state index in [1.54, 1.807) is 55.6 Å². The second-order valence-corrected chi connectivity index (χ2v) is 9.06. The molecule has 0 fully saturated rings. The molecule has 6 heteroatoms. The fourth-order valence-corrected chi connectivity index (χ4v) is 4.93. The van der Waals surface area contributed by atoms with Gasteiger partial charge in [0.2, 0.25) is 9.84 Å². The Morgan fingerprint density at radius 1 is 0.900 bits per heavy atom. The molecule has 0 atom stereocenters. The van der Waals surface area contributed by atoms with Crippen molar-refractivity contribution in [1.29, 1.82) is 0 Å². The van der Waals surface area contributed by atoms with Crippen molar-refractivity contribution in [2.24, 2.45) is 0 Å². The fourth-order valence-electron chi connectivity index (χ4n) is 3.41. The number of rotatable bonds is 4. The van der Waals surface area contributed by atoms with Crippen LogP contribution in [0, 0.1) is 19.7 Å². The van der Waals surface area contributed by atoms with Gasteiger partial charge < -0.3 is 4.74 Å². The fraction of sp³-hybridized carbons (Fsp3) is 0.125. The predicted molar refractivity (Wildman–Crippen MR) is 115 cm³/mol. The Labute approximate surface area is 174 Å². The summed E-state index contributed by atoms with van der Waals surface area (Å²) < 4.78 is 46.5. The zero-order valence-electron chi connectivity index (χ0n) is 16.8. The maximum Gasteiger partial charge on any atom is 0.208 e. The average molecular weight is 421 g/mol. The van der Waals surface area contributed by atoms with Crippen molar-refractivity contribution in [1.82, 2.24) is 4.98 Å². The minimum Gasteiger partial charge on any atom is -0.497 e. The van der Waals surface area contributed by atoms with Gasteiger partial charge in [0.25, 0.3) is 0 Å². The van der Waals surface area contributed by atoms with Gasteiger partial charge in [-0.15, -0.1) is 0 Å². The van der Waals surface area contributed by atoms with Crippen LogP contribution in [0.5, 0.6) is 5.75 Å². The van der Waals surface area contributed by atoms with Crippen molar-refractivity contribution >= 4 is 20.7 Å². The Bertz CT molecular complexity index is 1360. The van der Waals surface area contributed by atoms with Crippen molar-refractivity contribution in [3.05, 3.63) is 83.8 Å². The first-order valence-electron chi connectivity index (χ1n) is 9.36. The highest BCUT2D eigenvalue weighted by Gasteiger charge is 2.25. The first-order chi connectivity index (χ1) is 14.3. The number of hydrogen-bond acceptors (Lipinski definition) is 4. The third kappa shape index (κ3) is 3.44. The van der Waals surface area contributed by atoms with Crippen LogP contribution in [0.4, 0.5) is 4.39 Å². The molecule has 1 heterocycles. The molecule has 4 nitrogen and oxygen atoms in total. The smallest absolute Gasteiger partial charge is 0.208 e. The normalized spacial score (nSPS) is 11.6. The minimum absolute atomic E-state index is 0.0361. The van der Waals surface area contributed by atoms with Crippen molar-refractivity contribution in [2.45, 2.75) is 23.6 Å². The largest absolute Gasteiger partial charge is 0.497 e. The zero-order valence-corrected chi connectivity index (χ0v) is 17.6. The van der Waals surface area contributed by atoms with Crippen LogP contribution in [0.25, 0.3) is 22.0 Å². The first-order valence-corrected chi connectivity index (χ1v) is 10.8. The van der Waals surface area contributed by atoms with E-state index in [0.29, 0.717) is 27.8 Å².